The first-order valence-electron chi connectivity index (χ1n) is 10.8. The molecule has 2 aromatic carbocycles. The van der Waals surface area contributed by atoms with Crippen molar-refractivity contribution in [2.75, 3.05) is 11.1 Å². The Morgan fingerprint density at radius 2 is 1.88 bits per heavy atom. The van der Waals surface area contributed by atoms with E-state index in [4.69, 9.17) is 10.8 Å². The minimum Gasteiger partial charge on any atom is -0.393 e. The minimum atomic E-state index is -0.938. The standard InChI is InChI=1S/C18H13F2N5S.C6H12O/c19-12-3-1-2-11(17(12)20)14-8-22-9-16(24-14)23-7-10-4-5-13-15(6-10)26-18(21)25-13;7-6-4-2-1-3-5-6/h1-6,8-9H,7H2,(H2,21,25)(H,23,24);6-7H,1-5H2. The van der Waals surface area contributed by atoms with Crippen molar-refractivity contribution in [2.45, 2.75) is 44.8 Å². The molecule has 1 fully saturated rings. The van der Waals surface area contributed by atoms with Crippen molar-refractivity contribution in [2.24, 2.45) is 0 Å². The third kappa shape index (κ3) is 6.00. The van der Waals surface area contributed by atoms with Crippen LogP contribution in [0.25, 0.3) is 21.5 Å². The van der Waals surface area contributed by atoms with Crippen LogP contribution in [0.5, 0.6) is 0 Å². The first-order chi connectivity index (χ1) is 16.0. The average molecular weight is 470 g/mol. The lowest BCUT2D eigenvalue weighted by Gasteiger charge is -2.14. The molecular formula is C24H25F2N5OS. The zero-order chi connectivity index (χ0) is 23.2. The number of hydrogen-bond acceptors (Lipinski definition) is 7. The van der Waals surface area contributed by atoms with Crippen LogP contribution in [0.1, 0.15) is 37.7 Å². The second-order valence-electron chi connectivity index (χ2n) is 7.89. The van der Waals surface area contributed by atoms with Crippen molar-refractivity contribution in [3.63, 3.8) is 0 Å². The smallest absolute Gasteiger partial charge is 0.181 e. The van der Waals surface area contributed by atoms with Crippen molar-refractivity contribution < 1.29 is 13.9 Å². The van der Waals surface area contributed by atoms with E-state index in [0.717, 1.165) is 34.7 Å². The molecule has 5 rings (SSSR count). The van der Waals surface area contributed by atoms with Gasteiger partial charge in [-0.05, 0) is 42.7 Å². The summed E-state index contributed by atoms with van der Waals surface area (Å²) in [5.74, 6) is -1.39. The van der Waals surface area contributed by atoms with E-state index in [1.807, 2.05) is 18.2 Å². The molecule has 4 N–H and O–H groups in total. The molecule has 0 bridgehead atoms. The van der Waals surface area contributed by atoms with E-state index in [1.165, 1.54) is 55.1 Å². The van der Waals surface area contributed by atoms with E-state index in [-0.39, 0.29) is 17.4 Å². The van der Waals surface area contributed by atoms with E-state index >= 15 is 0 Å². The number of halogens is 2. The number of aliphatic hydroxyl groups is 1. The highest BCUT2D eigenvalue weighted by Gasteiger charge is 2.12. The molecule has 172 valence electrons. The molecule has 1 saturated carbocycles. The monoisotopic (exact) mass is 469 g/mol. The highest BCUT2D eigenvalue weighted by Crippen LogP contribution is 2.26. The maximum absolute atomic E-state index is 13.9. The number of aliphatic hydroxyl groups excluding tert-OH is 1. The van der Waals surface area contributed by atoms with E-state index in [9.17, 15) is 8.78 Å². The summed E-state index contributed by atoms with van der Waals surface area (Å²) in [6.45, 7) is 0.498. The fraction of sp³-hybridized carbons (Fsp3) is 0.292. The number of anilines is 2. The molecule has 0 aliphatic heterocycles. The summed E-state index contributed by atoms with van der Waals surface area (Å²) < 4.78 is 28.4. The fourth-order valence-corrected chi connectivity index (χ4v) is 4.45. The molecule has 0 radical (unpaired) electrons. The van der Waals surface area contributed by atoms with E-state index in [0.29, 0.717) is 17.5 Å². The van der Waals surface area contributed by atoms with Gasteiger partial charge in [0.15, 0.2) is 16.8 Å². The molecule has 0 amide bonds. The van der Waals surface area contributed by atoms with Gasteiger partial charge in [-0.15, -0.1) is 0 Å². The third-order valence-electron chi connectivity index (χ3n) is 5.38. The van der Waals surface area contributed by atoms with Gasteiger partial charge in [0.25, 0.3) is 0 Å². The summed E-state index contributed by atoms with van der Waals surface area (Å²) in [6.07, 6.45) is 8.85. The average Bonchev–Trinajstić information content (AvgIpc) is 3.20. The van der Waals surface area contributed by atoms with Gasteiger partial charge >= 0.3 is 0 Å². The fourth-order valence-electron chi connectivity index (χ4n) is 3.65. The molecule has 1 aliphatic carbocycles. The van der Waals surface area contributed by atoms with Crippen LogP contribution < -0.4 is 11.1 Å². The van der Waals surface area contributed by atoms with Gasteiger partial charge in [-0.3, -0.25) is 4.98 Å². The Balaban J connectivity index is 0.000000318. The van der Waals surface area contributed by atoms with Crippen molar-refractivity contribution >= 4 is 32.5 Å². The molecule has 9 heteroatoms. The van der Waals surface area contributed by atoms with Crippen LogP contribution >= 0.6 is 11.3 Å². The second-order valence-corrected chi connectivity index (χ2v) is 8.95. The van der Waals surface area contributed by atoms with Crippen LogP contribution in [0.2, 0.25) is 0 Å². The minimum absolute atomic E-state index is 0.0359. The zero-order valence-corrected chi connectivity index (χ0v) is 18.8. The number of nitrogen functional groups attached to an aromatic ring is 1. The summed E-state index contributed by atoms with van der Waals surface area (Å²) in [6, 6.07) is 9.82. The topological polar surface area (TPSA) is 97.0 Å². The van der Waals surface area contributed by atoms with Gasteiger partial charge in [0, 0.05) is 12.1 Å². The number of nitrogens with zero attached hydrogens (tertiary/aromatic N) is 3. The van der Waals surface area contributed by atoms with E-state index in [2.05, 4.69) is 20.3 Å². The lowest BCUT2D eigenvalue weighted by molar-refractivity contribution is 0.130. The van der Waals surface area contributed by atoms with Crippen LogP contribution in [0.15, 0.2) is 48.8 Å². The van der Waals surface area contributed by atoms with Crippen molar-refractivity contribution in [1.29, 1.82) is 0 Å². The lowest BCUT2D eigenvalue weighted by Crippen LogP contribution is -2.09. The molecular weight excluding hydrogens is 444 g/mol. The van der Waals surface area contributed by atoms with Gasteiger partial charge in [0.05, 0.1) is 34.4 Å². The van der Waals surface area contributed by atoms with Gasteiger partial charge in [-0.25, -0.2) is 18.7 Å². The first-order valence-corrected chi connectivity index (χ1v) is 11.6. The molecule has 0 saturated heterocycles. The highest BCUT2D eigenvalue weighted by molar-refractivity contribution is 7.22. The predicted octanol–water partition coefficient (Wildman–Crippen LogP) is 5.54. The Hall–Kier alpha value is -3.17. The lowest BCUT2D eigenvalue weighted by atomic mass is 9.98. The Labute approximate surface area is 194 Å². The Kier molecular flexibility index (Phi) is 7.41. The van der Waals surface area contributed by atoms with Crippen LogP contribution in [-0.2, 0) is 6.54 Å². The second kappa shape index (κ2) is 10.6. The van der Waals surface area contributed by atoms with Crippen molar-refractivity contribution in [3.05, 3.63) is 66.0 Å². The van der Waals surface area contributed by atoms with Gasteiger partial charge in [0.2, 0.25) is 0 Å². The van der Waals surface area contributed by atoms with Crippen LogP contribution in [-0.4, -0.2) is 26.2 Å². The van der Waals surface area contributed by atoms with Crippen LogP contribution in [0.4, 0.5) is 19.7 Å². The van der Waals surface area contributed by atoms with Gasteiger partial charge in [-0.1, -0.05) is 42.7 Å². The summed E-state index contributed by atoms with van der Waals surface area (Å²) >= 11 is 1.42. The summed E-state index contributed by atoms with van der Waals surface area (Å²) in [7, 11) is 0. The molecule has 1 aliphatic rings. The predicted molar refractivity (Wildman–Crippen MR) is 128 cm³/mol. The molecule has 2 aromatic heterocycles. The maximum Gasteiger partial charge on any atom is 0.181 e. The molecule has 0 unspecified atom stereocenters. The normalized spacial score (nSPS) is 14.0. The zero-order valence-electron chi connectivity index (χ0n) is 18.0. The molecule has 2 heterocycles. The quantitative estimate of drug-likeness (QED) is 0.363. The molecule has 0 atom stereocenters. The van der Waals surface area contributed by atoms with Gasteiger partial charge in [0.1, 0.15) is 5.82 Å². The summed E-state index contributed by atoms with van der Waals surface area (Å²) in [5, 5.41) is 12.6. The largest absolute Gasteiger partial charge is 0.393 e. The van der Waals surface area contributed by atoms with Crippen LogP contribution in [0, 0.1) is 11.6 Å². The third-order valence-corrected chi connectivity index (χ3v) is 6.23. The van der Waals surface area contributed by atoms with Gasteiger partial charge in [-0.2, -0.15) is 0 Å². The molecule has 6 nitrogen and oxygen atoms in total. The summed E-state index contributed by atoms with van der Waals surface area (Å²) in [4.78, 5) is 12.6. The Bertz CT molecular complexity index is 1230. The van der Waals surface area contributed by atoms with Gasteiger partial charge < -0.3 is 16.2 Å². The number of aromatic nitrogens is 3. The molecule has 4 aromatic rings. The molecule has 0 spiro atoms. The summed E-state index contributed by atoms with van der Waals surface area (Å²) in [5.41, 5.74) is 7.93. The van der Waals surface area contributed by atoms with Crippen molar-refractivity contribution in [3.8, 4) is 11.3 Å². The number of hydrogen-bond donors (Lipinski definition) is 3. The number of nitrogens with two attached hydrogens (primary N) is 1. The van der Waals surface area contributed by atoms with Crippen LogP contribution in [0.3, 0.4) is 0 Å². The number of benzene rings is 2. The maximum atomic E-state index is 13.9. The molecule has 33 heavy (non-hydrogen) atoms. The SMILES string of the molecule is Nc1nc2ccc(CNc3cncc(-c4cccc(F)c4F)n3)cc2s1.OC1CCCCC1. The Morgan fingerprint density at radius 1 is 1.06 bits per heavy atom. The first kappa shape index (κ1) is 23.0. The number of fused-ring (bicyclic) bond motifs is 1. The number of thiazole rings is 1. The number of nitrogens with one attached hydrogen (secondary N) is 1. The van der Waals surface area contributed by atoms with Crippen molar-refractivity contribution in [1.82, 2.24) is 15.0 Å². The van der Waals surface area contributed by atoms with E-state index in [1.54, 1.807) is 0 Å². The Morgan fingerprint density at radius 3 is 2.64 bits per heavy atom. The highest BCUT2D eigenvalue weighted by atomic mass is 32.1. The van der Waals surface area contributed by atoms with E-state index < -0.39 is 11.6 Å². The number of rotatable bonds is 4.